The van der Waals surface area contributed by atoms with Crippen molar-refractivity contribution in [2.45, 2.75) is 24.9 Å². The molecule has 0 aliphatic heterocycles. The number of carbonyl (C=O) groups excluding carboxylic acids is 1. The predicted octanol–water partition coefficient (Wildman–Crippen LogP) is 3.12. The summed E-state index contributed by atoms with van der Waals surface area (Å²) in [7, 11) is 2.54. The fourth-order valence-electron chi connectivity index (χ4n) is 4.30. The number of nitrogens with zero attached hydrogens (tertiary/aromatic N) is 6. The minimum absolute atomic E-state index is 0.0197. The van der Waals surface area contributed by atoms with Crippen LogP contribution in [0.25, 0.3) is 0 Å². The Morgan fingerprint density at radius 3 is 2.53 bits per heavy atom. The third kappa shape index (κ3) is 4.73. The lowest BCUT2D eigenvalue weighted by Gasteiger charge is -2.30. The normalized spacial score (nSPS) is 13.1. The lowest BCUT2D eigenvalue weighted by Crippen LogP contribution is -2.36. The maximum Gasteiger partial charge on any atom is 0.399 e. The van der Waals surface area contributed by atoms with Crippen LogP contribution in [0.5, 0.6) is 5.75 Å². The molecule has 0 saturated heterocycles. The molecular formula is C24H20F3N7O4. The number of hydrogen-bond donors (Lipinski definition) is 2. The van der Waals surface area contributed by atoms with Gasteiger partial charge in [0, 0.05) is 31.8 Å². The number of carbonyl (C=O) groups is 1. The van der Waals surface area contributed by atoms with Gasteiger partial charge in [-0.1, -0.05) is 23.4 Å². The first kappa shape index (κ1) is 26.1. The largest absolute Gasteiger partial charge is 0.501 e. The van der Waals surface area contributed by atoms with Gasteiger partial charge in [0.2, 0.25) is 5.75 Å². The van der Waals surface area contributed by atoms with E-state index in [2.05, 4.69) is 25.1 Å². The van der Waals surface area contributed by atoms with Crippen LogP contribution in [0.4, 0.5) is 18.9 Å². The van der Waals surface area contributed by atoms with Crippen molar-refractivity contribution in [1.82, 2.24) is 24.5 Å². The molecule has 0 radical (unpaired) electrons. The summed E-state index contributed by atoms with van der Waals surface area (Å²) in [5.74, 6) is -7.26. The minimum atomic E-state index is -5.04. The van der Waals surface area contributed by atoms with Gasteiger partial charge >= 0.3 is 6.18 Å². The maximum absolute atomic E-state index is 15.0. The van der Waals surface area contributed by atoms with Crippen LogP contribution in [0, 0.1) is 18.3 Å². The molecule has 4 aromatic rings. The topological polar surface area (TPSA) is 152 Å². The molecule has 4 rings (SSSR count). The van der Waals surface area contributed by atoms with E-state index in [-0.39, 0.29) is 28.1 Å². The van der Waals surface area contributed by atoms with Gasteiger partial charge in [0.05, 0.1) is 23.5 Å². The van der Waals surface area contributed by atoms with E-state index in [0.29, 0.717) is 4.57 Å². The highest BCUT2D eigenvalue weighted by Crippen LogP contribution is 2.48. The fourth-order valence-corrected chi connectivity index (χ4v) is 4.30. The number of amides is 1. The summed E-state index contributed by atoms with van der Waals surface area (Å²) in [6, 6.07) is 7.68. The van der Waals surface area contributed by atoms with Crippen LogP contribution in [-0.4, -0.2) is 41.7 Å². The van der Waals surface area contributed by atoms with Crippen LogP contribution >= 0.6 is 0 Å². The molecule has 14 heteroatoms. The van der Waals surface area contributed by atoms with Crippen LogP contribution in [0.15, 0.2) is 52.2 Å². The highest BCUT2D eigenvalue weighted by molar-refractivity contribution is 6.04. The van der Waals surface area contributed by atoms with Crippen LogP contribution < -0.4 is 10.9 Å². The van der Waals surface area contributed by atoms with E-state index in [0.717, 1.165) is 19.5 Å². The average molecular weight is 527 g/mol. The number of aromatic hydroxyl groups is 1. The highest BCUT2D eigenvalue weighted by atomic mass is 19.4. The van der Waals surface area contributed by atoms with Crippen molar-refractivity contribution < 1.29 is 27.6 Å². The molecular weight excluding hydrogens is 507 g/mol. The van der Waals surface area contributed by atoms with Crippen molar-refractivity contribution in [2.24, 2.45) is 14.1 Å². The zero-order chi connectivity index (χ0) is 27.8. The molecule has 3 aromatic heterocycles. The Labute approximate surface area is 212 Å². The molecule has 0 saturated carbocycles. The zero-order valence-electron chi connectivity index (χ0n) is 20.2. The van der Waals surface area contributed by atoms with Crippen molar-refractivity contribution >= 4 is 11.6 Å². The SMILES string of the molecule is Cc1nn(C)cc1C(c1ccccc1C#N)C(c1nc(C(=O)Nc2cnoc2)c(O)c(=O)n1C)C(F)(F)F. The van der Waals surface area contributed by atoms with Gasteiger partial charge in [-0.25, -0.2) is 4.98 Å². The van der Waals surface area contributed by atoms with Gasteiger partial charge in [-0.05, 0) is 18.6 Å². The number of nitriles is 1. The number of aryl methyl sites for hydroxylation is 2. The van der Waals surface area contributed by atoms with Crippen LogP contribution in [0.1, 0.15) is 50.5 Å². The number of benzene rings is 1. The lowest BCUT2D eigenvalue weighted by atomic mass is 9.78. The smallest absolute Gasteiger partial charge is 0.399 e. The first-order valence-electron chi connectivity index (χ1n) is 11.0. The molecule has 3 heterocycles. The molecule has 1 aromatic carbocycles. The predicted molar refractivity (Wildman–Crippen MR) is 125 cm³/mol. The first-order chi connectivity index (χ1) is 17.9. The summed E-state index contributed by atoms with van der Waals surface area (Å²) in [6.45, 7) is 1.52. The summed E-state index contributed by atoms with van der Waals surface area (Å²) < 4.78 is 51.5. The van der Waals surface area contributed by atoms with E-state index in [4.69, 9.17) is 0 Å². The first-order valence-corrected chi connectivity index (χ1v) is 11.0. The van der Waals surface area contributed by atoms with Gasteiger partial charge in [0.1, 0.15) is 23.7 Å². The Hall–Kier alpha value is -4.93. The Kier molecular flexibility index (Phi) is 6.77. The summed E-state index contributed by atoms with van der Waals surface area (Å²) in [6.07, 6.45) is -1.50. The molecule has 11 nitrogen and oxygen atoms in total. The highest BCUT2D eigenvalue weighted by Gasteiger charge is 2.51. The average Bonchev–Trinajstić information content (AvgIpc) is 3.49. The number of anilines is 1. The Balaban J connectivity index is 2.01. The molecule has 0 bridgehead atoms. The molecule has 0 fully saturated rings. The van der Waals surface area contributed by atoms with Crippen molar-refractivity contribution in [2.75, 3.05) is 5.32 Å². The van der Waals surface area contributed by atoms with E-state index < -0.39 is 46.7 Å². The number of halogens is 3. The minimum Gasteiger partial charge on any atom is -0.501 e. The number of nitrogens with one attached hydrogen (secondary N) is 1. The Morgan fingerprint density at radius 1 is 1.24 bits per heavy atom. The summed E-state index contributed by atoms with van der Waals surface area (Å²) in [5.41, 5.74) is -1.78. The molecule has 0 spiro atoms. The second-order valence-electron chi connectivity index (χ2n) is 8.44. The standard InChI is InChI=1S/C24H20F3N7O4/c1-12-16(10-33(2)32-12)17(15-7-5-4-6-13(15)8-28)18(24(25,26)27)21-31-19(20(35)23(37)34(21)3)22(36)30-14-9-29-38-11-14/h4-7,9-11,17-18,35H,1-3H3,(H,30,36). The molecule has 0 aliphatic rings. The molecule has 0 aliphatic carbocycles. The molecule has 2 atom stereocenters. The quantitative estimate of drug-likeness (QED) is 0.388. The number of hydrogen-bond acceptors (Lipinski definition) is 8. The summed E-state index contributed by atoms with van der Waals surface area (Å²) in [5, 5.41) is 29.9. The lowest BCUT2D eigenvalue weighted by molar-refractivity contribution is -0.156. The van der Waals surface area contributed by atoms with Crippen molar-refractivity contribution in [3.05, 3.63) is 87.2 Å². The Bertz CT molecular complexity index is 1600. The Morgan fingerprint density at radius 2 is 1.95 bits per heavy atom. The van der Waals surface area contributed by atoms with Crippen LogP contribution in [0.2, 0.25) is 0 Å². The number of aromatic nitrogens is 5. The van der Waals surface area contributed by atoms with Gasteiger partial charge in [0.15, 0.2) is 5.69 Å². The number of alkyl halides is 3. The molecule has 2 N–H and O–H groups in total. The van der Waals surface area contributed by atoms with Crippen LogP contribution in [0.3, 0.4) is 0 Å². The van der Waals surface area contributed by atoms with Gasteiger partial charge < -0.3 is 14.9 Å². The van der Waals surface area contributed by atoms with Gasteiger partial charge in [0.25, 0.3) is 11.5 Å². The molecule has 196 valence electrons. The zero-order valence-corrected chi connectivity index (χ0v) is 20.2. The fraction of sp³-hybridized carbons (Fsp3) is 0.250. The van der Waals surface area contributed by atoms with Gasteiger partial charge in [-0.2, -0.15) is 23.5 Å². The molecule has 1 amide bonds. The molecule has 2 unspecified atom stereocenters. The van der Waals surface area contributed by atoms with Crippen molar-refractivity contribution in [3.63, 3.8) is 0 Å². The van der Waals surface area contributed by atoms with E-state index in [1.54, 1.807) is 0 Å². The third-order valence-electron chi connectivity index (χ3n) is 5.97. The third-order valence-corrected chi connectivity index (χ3v) is 5.97. The monoisotopic (exact) mass is 527 g/mol. The van der Waals surface area contributed by atoms with E-state index in [1.165, 1.54) is 49.1 Å². The van der Waals surface area contributed by atoms with Crippen molar-refractivity contribution in [1.29, 1.82) is 5.26 Å². The molecule has 38 heavy (non-hydrogen) atoms. The van der Waals surface area contributed by atoms with E-state index in [1.807, 2.05) is 6.07 Å². The van der Waals surface area contributed by atoms with Gasteiger partial charge in [-0.3, -0.25) is 18.8 Å². The number of rotatable bonds is 6. The van der Waals surface area contributed by atoms with E-state index in [9.17, 15) is 20.0 Å². The van der Waals surface area contributed by atoms with Crippen LogP contribution in [-0.2, 0) is 14.1 Å². The maximum atomic E-state index is 15.0. The summed E-state index contributed by atoms with van der Waals surface area (Å²) >= 11 is 0. The second kappa shape index (κ2) is 9.85. The second-order valence-corrected chi connectivity index (χ2v) is 8.44. The van der Waals surface area contributed by atoms with Crippen molar-refractivity contribution in [3.8, 4) is 11.8 Å². The summed E-state index contributed by atoms with van der Waals surface area (Å²) in [4.78, 5) is 29.5. The van der Waals surface area contributed by atoms with Gasteiger partial charge in [-0.15, -0.1) is 0 Å². The van der Waals surface area contributed by atoms with E-state index >= 15 is 13.2 Å².